The Balaban J connectivity index is 1.93. The lowest BCUT2D eigenvalue weighted by Gasteiger charge is -2.16. The highest BCUT2D eigenvalue weighted by molar-refractivity contribution is 5.96. The van der Waals surface area contributed by atoms with Gasteiger partial charge in [-0.05, 0) is 24.5 Å². The smallest absolute Gasteiger partial charge is 0.326 e. The number of benzene rings is 1. The van der Waals surface area contributed by atoms with Gasteiger partial charge in [0.05, 0.1) is 23.8 Å². The van der Waals surface area contributed by atoms with Crippen LogP contribution in [0, 0.1) is 5.92 Å². The quantitative estimate of drug-likeness (QED) is 0.688. The van der Waals surface area contributed by atoms with Gasteiger partial charge in [-0.25, -0.2) is 9.78 Å². The van der Waals surface area contributed by atoms with Gasteiger partial charge in [-0.2, -0.15) is 0 Å². The van der Waals surface area contributed by atoms with Crippen LogP contribution in [0.5, 0.6) is 0 Å². The Labute approximate surface area is 144 Å². The van der Waals surface area contributed by atoms with Crippen LogP contribution in [0.4, 0.5) is 0 Å². The molecule has 0 bridgehead atoms. The van der Waals surface area contributed by atoms with Crippen molar-refractivity contribution in [2.24, 2.45) is 5.92 Å². The number of carbonyl (C=O) groups excluding carboxylic acids is 2. The van der Waals surface area contributed by atoms with E-state index >= 15 is 0 Å². The number of carbonyl (C=O) groups is 3. The summed E-state index contributed by atoms with van der Waals surface area (Å²) in [5, 5.41) is 13.9. The van der Waals surface area contributed by atoms with Crippen LogP contribution in [0.2, 0.25) is 0 Å². The largest absolute Gasteiger partial charge is 0.480 e. The first-order valence-electron chi connectivity index (χ1n) is 7.89. The summed E-state index contributed by atoms with van der Waals surface area (Å²) in [6, 6.07) is 6.13. The second-order valence-corrected chi connectivity index (χ2v) is 6.01. The van der Waals surface area contributed by atoms with Crippen molar-refractivity contribution in [1.29, 1.82) is 0 Å². The number of nitrogens with zero attached hydrogens (tertiary/aromatic N) is 2. The van der Waals surface area contributed by atoms with Gasteiger partial charge < -0.3 is 15.7 Å². The number of hydrogen-bond acceptors (Lipinski definition) is 5. The van der Waals surface area contributed by atoms with Crippen molar-refractivity contribution in [3.63, 3.8) is 0 Å². The van der Waals surface area contributed by atoms with Crippen molar-refractivity contribution in [2.45, 2.75) is 26.3 Å². The van der Waals surface area contributed by atoms with E-state index in [1.165, 1.54) is 6.20 Å². The van der Waals surface area contributed by atoms with Crippen molar-refractivity contribution >= 4 is 28.8 Å². The van der Waals surface area contributed by atoms with Gasteiger partial charge in [0, 0.05) is 0 Å². The summed E-state index contributed by atoms with van der Waals surface area (Å²) in [5.41, 5.74) is 1.32. The number of aliphatic carboxylic acids is 1. The number of carboxylic acid groups (broad SMARTS) is 1. The van der Waals surface area contributed by atoms with Gasteiger partial charge in [0.15, 0.2) is 0 Å². The summed E-state index contributed by atoms with van der Waals surface area (Å²) >= 11 is 0. The first-order valence-corrected chi connectivity index (χ1v) is 7.89. The van der Waals surface area contributed by atoms with Crippen molar-refractivity contribution in [1.82, 2.24) is 20.6 Å². The van der Waals surface area contributed by atoms with Crippen LogP contribution in [0.15, 0.2) is 30.5 Å². The van der Waals surface area contributed by atoms with E-state index in [1.807, 2.05) is 19.9 Å². The Kier molecular flexibility index (Phi) is 5.99. The third-order valence-electron chi connectivity index (χ3n) is 3.43. The van der Waals surface area contributed by atoms with Gasteiger partial charge in [-0.3, -0.25) is 14.6 Å². The molecule has 1 aromatic carbocycles. The first-order chi connectivity index (χ1) is 11.9. The van der Waals surface area contributed by atoms with Crippen LogP contribution in [0.3, 0.4) is 0 Å². The molecule has 0 saturated heterocycles. The van der Waals surface area contributed by atoms with Crippen molar-refractivity contribution in [3.8, 4) is 0 Å². The van der Waals surface area contributed by atoms with Crippen LogP contribution in [-0.2, 0) is 9.59 Å². The number of para-hydroxylation sites is 2. The lowest BCUT2D eigenvalue weighted by molar-refractivity contribution is -0.142. The van der Waals surface area contributed by atoms with Crippen molar-refractivity contribution < 1.29 is 19.5 Å². The summed E-state index contributed by atoms with van der Waals surface area (Å²) in [6.45, 7) is 3.39. The van der Waals surface area contributed by atoms with Gasteiger partial charge in [0.25, 0.3) is 5.91 Å². The van der Waals surface area contributed by atoms with E-state index in [9.17, 15) is 14.4 Å². The van der Waals surface area contributed by atoms with Crippen LogP contribution < -0.4 is 10.6 Å². The second kappa shape index (κ2) is 8.18. The minimum Gasteiger partial charge on any atom is -0.480 e. The van der Waals surface area contributed by atoms with Crippen LogP contribution in [0.1, 0.15) is 30.8 Å². The Morgan fingerprint density at radius 1 is 1.16 bits per heavy atom. The Morgan fingerprint density at radius 2 is 1.84 bits per heavy atom. The maximum absolute atomic E-state index is 12.1. The zero-order valence-corrected chi connectivity index (χ0v) is 14.0. The summed E-state index contributed by atoms with van der Waals surface area (Å²) < 4.78 is 0. The molecule has 1 atom stereocenters. The van der Waals surface area contributed by atoms with E-state index in [1.54, 1.807) is 18.2 Å². The van der Waals surface area contributed by atoms with Crippen LogP contribution in [-0.4, -0.2) is 45.4 Å². The molecule has 0 spiro atoms. The molecule has 1 heterocycles. The fourth-order valence-electron chi connectivity index (χ4n) is 2.26. The minimum absolute atomic E-state index is 0.0865. The van der Waals surface area contributed by atoms with Gasteiger partial charge in [0.2, 0.25) is 5.91 Å². The Bertz CT molecular complexity index is 791. The molecule has 1 aromatic heterocycles. The number of hydrogen-bond donors (Lipinski definition) is 3. The average Bonchev–Trinajstić information content (AvgIpc) is 2.58. The molecule has 0 fully saturated rings. The lowest BCUT2D eigenvalue weighted by atomic mass is 10.0. The molecule has 132 valence electrons. The fourth-order valence-corrected chi connectivity index (χ4v) is 2.26. The topological polar surface area (TPSA) is 121 Å². The predicted molar refractivity (Wildman–Crippen MR) is 90.9 cm³/mol. The summed E-state index contributed by atoms with van der Waals surface area (Å²) in [4.78, 5) is 43.4. The summed E-state index contributed by atoms with van der Waals surface area (Å²) in [5.74, 6) is -2.11. The zero-order chi connectivity index (χ0) is 18.4. The molecule has 25 heavy (non-hydrogen) atoms. The molecule has 8 heteroatoms. The molecule has 0 aliphatic heterocycles. The lowest BCUT2D eigenvalue weighted by Crippen LogP contribution is -2.46. The fraction of sp³-hybridized carbons (Fsp3) is 0.353. The molecule has 2 rings (SSSR count). The Hall–Kier alpha value is -3.03. The molecule has 0 unspecified atom stereocenters. The summed E-state index contributed by atoms with van der Waals surface area (Å²) in [7, 11) is 0. The number of fused-ring (bicyclic) bond motifs is 1. The highest BCUT2D eigenvalue weighted by Gasteiger charge is 2.21. The second-order valence-electron chi connectivity index (χ2n) is 6.01. The van der Waals surface area contributed by atoms with E-state index in [4.69, 9.17) is 5.11 Å². The van der Waals surface area contributed by atoms with Crippen molar-refractivity contribution in [3.05, 3.63) is 36.2 Å². The molecule has 3 N–H and O–H groups in total. The number of amides is 2. The molecule has 2 aromatic rings. The molecule has 8 nitrogen and oxygen atoms in total. The Morgan fingerprint density at radius 3 is 2.48 bits per heavy atom. The van der Waals surface area contributed by atoms with E-state index in [0.717, 1.165) is 0 Å². The van der Waals surface area contributed by atoms with E-state index in [0.29, 0.717) is 17.5 Å². The number of nitrogens with one attached hydrogen (secondary N) is 2. The normalized spacial score (nSPS) is 12.0. The van der Waals surface area contributed by atoms with E-state index in [-0.39, 0.29) is 18.2 Å². The van der Waals surface area contributed by atoms with Crippen molar-refractivity contribution in [2.75, 3.05) is 6.54 Å². The molecule has 0 aliphatic carbocycles. The summed E-state index contributed by atoms with van der Waals surface area (Å²) in [6.07, 6.45) is 1.64. The highest BCUT2D eigenvalue weighted by atomic mass is 16.4. The van der Waals surface area contributed by atoms with Crippen LogP contribution >= 0.6 is 0 Å². The zero-order valence-electron chi connectivity index (χ0n) is 14.0. The molecule has 2 amide bonds. The van der Waals surface area contributed by atoms with Crippen LogP contribution in [0.25, 0.3) is 11.0 Å². The number of carboxylic acids is 1. The molecular weight excluding hydrogens is 324 g/mol. The maximum Gasteiger partial charge on any atom is 0.326 e. The third-order valence-corrected chi connectivity index (χ3v) is 3.43. The minimum atomic E-state index is -1.10. The van der Waals surface area contributed by atoms with Gasteiger partial charge >= 0.3 is 5.97 Å². The van der Waals surface area contributed by atoms with Gasteiger partial charge in [0.1, 0.15) is 11.7 Å². The molecular formula is C17H20N4O4. The number of aromatic nitrogens is 2. The average molecular weight is 344 g/mol. The van der Waals surface area contributed by atoms with Gasteiger partial charge in [-0.15, -0.1) is 0 Å². The number of rotatable bonds is 7. The molecule has 0 radical (unpaired) electrons. The molecule has 0 saturated carbocycles. The maximum atomic E-state index is 12.1. The standard InChI is InChI=1S/C17H20N4O4/c1-10(2)7-13(17(24)25)21-15(22)9-19-16(23)14-8-18-11-5-3-4-6-12(11)20-14/h3-6,8,10,13H,7,9H2,1-2H3,(H,19,23)(H,21,22)(H,24,25)/t13-/m0/s1. The monoisotopic (exact) mass is 344 g/mol. The SMILES string of the molecule is CC(C)C[C@H](NC(=O)CNC(=O)c1cnc2ccccc2n1)C(=O)O. The molecule has 0 aliphatic rings. The van der Waals surface area contributed by atoms with Gasteiger partial charge in [-0.1, -0.05) is 26.0 Å². The predicted octanol–water partition coefficient (Wildman–Crippen LogP) is 0.975. The van der Waals surface area contributed by atoms with E-state index < -0.39 is 23.8 Å². The first kappa shape index (κ1) is 18.3. The third kappa shape index (κ3) is 5.23. The highest BCUT2D eigenvalue weighted by Crippen LogP contribution is 2.08. The van der Waals surface area contributed by atoms with E-state index in [2.05, 4.69) is 20.6 Å².